The highest BCUT2D eigenvalue weighted by atomic mass is 16.6. The number of carbonyl (C=O) groups excluding carboxylic acids is 4. The van der Waals surface area contributed by atoms with Gasteiger partial charge < -0.3 is 15.2 Å². The summed E-state index contributed by atoms with van der Waals surface area (Å²) in [4.78, 5) is 45.9. The van der Waals surface area contributed by atoms with E-state index in [1.807, 2.05) is 13.8 Å². The number of hydrogen-bond donors (Lipinski definition) is 1. The van der Waals surface area contributed by atoms with Crippen LogP contribution in [0.4, 0.5) is 0 Å². The molecule has 0 aliphatic rings. The summed E-state index contributed by atoms with van der Waals surface area (Å²) < 4.78 is 9.24. The van der Waals surface area contributed by atoms with Gasteiger partial charge in [0.1, 0.15) is 6.04 Å². The number of unbranched alkanes of at least 4 members (excludes halogenated alkanes) is 4. The molecule has 0 saturated carbocycles. The van der Waals surface area contributed by atoms with Gasteiger partial charge in [0, 0.05) is 19.3 Å². The first-order valence-electron chi connectivity index (χ1n) is 8.64. The lowest BCUT2D eigenvalue weighted by atomic mass is 10.1. The molecule has 0 unspecified atom stereocenters. The van der Waals surface area contributed by atoms with Crippen molar-refractivity contribution in [2.45, 2.75) is 84.1 Å². The molecule has 2 N–H and O–H groups in total. The standard InChI is InChI=1S/C17H29NO6/c1-3-5-7-9-14(19)23-16(21)12-11-13(18)17(22)24-15(20)10-8-6-4-2/h13H,3-12,18H2,1-2H3/t13-/m0/s1. The molecule has 0 aromatic heterocycles. The first-order valence-corrected chi connectivity index (χ1v) is 8.64. The van der Waals surface area contributed by atoms with Crippen molar-refractivity contribution in [3.8, 4) is 0 Å². The normalized spacial score (nSPS) is 11.6. The van der Waals surface area contributed by atoms with Gasteiger partial charge in [-0.3, -0.25) is 14.4 Å². The van der Waals surface area contributed by atoms with E-state index in [0.717, 1.165) is 25.7 Å². The minimum atomic E-state index is -1.09. The van der Waals surface area contributed by atoms with Gasteiger partial charge in [0.25, 0.3) is 0 Å². The van der Waals surface area contributed by atoms with E-state index in [-0.39, 0.29) is 25.7 Å². The maximum Gasteiger partial charge on any atom is 0.330 e. The van der Waals surface area contributed by atoms with Crippen LogP contribution in [0.2, 0.25) is 0 Å². The monoisotopic (exact) mass is 343 g/mol. The molecule has 0 aromatic carbocycles. The fraction of sp³-hybridized carbons (Fsp3) is 0.765. The van der Waals surface area contributed by atoms with Crippen molar-refractivity contribution in [1.82, 2.24) is 0 Å². The molecule has 0 aliphatic carbocycles. The Hall–Kier alpha value is -1.76. The highest BCUT2D eigenvalue weighted by Gasteiger charge is 2.20. The molecule has 7 nitrogen and oxygen atoms in total. The molecule has 0 heterocycles. The van der Waals surface area contributed by atoms with Crippen LogP contribution in [0.1, 0.15) is 78.1 Å². The van der Waals surface area contributed by atoms with Crippen molar-refractivity contribution >= 4 is 23.9 Å². The van der Waals surface area contributed by atoms with Crippen LogP contribution < -0.4 is 5.73 Å². The van der Waals surface area contributed by atoms with Crippen molar-refractivity contribution in [2.24, 2.45) is 5.73 Å². The van der Waals surface area contributed by atoms with Crippen molar-refractivity contribution < 1.29 is 28.7 Å². The summed E-state index contributed by atoms with van der Waals surface area (Å²) in [7, 11) is 0. The van der Waals surface area contributed by atoms with Crippen LogP contribution in [-0.4, -0.2) is 29.9 Å². The first kappa shape index (κ1) is 22.2. The Kier molecular flexibility index (Phi) is 12.7. The summed E-state index contributed by atoms with van der Waals surface area (Å²) in [5.74, 6) is -2.78. The Balaban J connectivity index is 3.95. The van der Waals surface area contributed by atoms with Gasteiger partial charge in [-0.05, 0) is 19.3 Å². The van der Waals surface area contributed by atoms with Gasteiger partial charge in [-0.25, -0.2) is 4.79 Å². The van der Waals surface area contributed by atoms with E-state index in [4.69, 9.17) is 5.73 Å². The van der Waals surface area contributed by atoms with Gasteiger partial charge >= 0.3 is 23.9 Å². The van der Waals surface area contributed by atoms with Crippen LogP contribution in [0, 0.1) is 0 Å². The maximum atomic E-state index is 11.6. The first-order chi connectivity index (χ1) is 11.4. The second kappa shape index (κ2) is 13.7. The topological polar surface area (TPSA) is 113 Å². The molecule has 1 atom stereocenters. The molecular weight excluding hydrogens is 314 g/mol. The number of hydrogen-bond acceptors (Lipinski definition) is 7. The molecule has 138 valence electrons. The fourth-order valence-electron chi connectivity index (χ4n) is 1.90. The highest BCUT2D eigenvalue weighted by Crippen LogP contribution is 2.05. The highest BCUT2D eigenvalue weighted by molar-refractivity contribution is 5.89. The Morgan fingerprint density at radius 3 is 1.71 bits per heavy atom. The molecule has 7 heteroatoms. The summed E-state index contributed by atoms with van der Waals surface area (Å²) in [6, 6.07) is -1.09. The SMILES string of the molecule is CCCCCC(=O)OC(=O)CC[C@H](N)C(=O)OC(=O)CCCCC. The summed E-state index contributed by atoms with van der Waals surface area (Å²) in [6.07, 6.45) is 5.18. The van der Waals surface area contributed by atoms with E-state index < -0.39 is 29.9 Å². The molecule has 0 bridgehead atoms. The van der Waals surface area contributed by atoms with Crippen LogP contribution >= 0.6 is 0 Å². The molecule has 0 saturated heterocycles. The van der Waals surface area contributed by atoms with Crippen molar-refractivity contribution in [1.29, 1.82) is 0 Å². The lowest BCUT2D eigenvalue weighted by molar-refractivity contribution is -0.160. The average molecular weight is 343 g/mol. The number of esters is 4. The zero-order valence-electron chi connectivity index (χ0n) is 14.7. The summed E-state index contributed by atoms with van der Waals surface area (Å²) in [5, 5.41) is 0. The molecule has 24 heavy (non-hydrogen) atoms. The molecule has 0 spiro atoms. The lowest BCUT2D eigenvalue weighted by Gasteiger charge is -2.10. The van der Waals surface area contributed by atoms with E-state index in [1.54, 1.807) is 0 Å². The second-order valence-corrected chi connectivity index (χ2v) is 5.70. The third kappa shape index (κ3) is 11.8. The van der Waals surface area contributed by atoms with Gasteiger partial charge in [0.15, 0.2) is 0 Å². The number of nitrogens with two attached hydrogens (primary N) is 1. The lowest BCUT2D eigenvalue weighted by Crippen LogP contribution is -2.34. The van der Waals surface area contributed by atoms with E-state index in [9.17, 15) is 19.2 Å². The van der Waals surface area contributed by atoms with E-state index in [0.29, 0.717) is 12.8 Å². The number of rotatable bonds is 12. The molecule has 0 aliphatic heterocycles. The average Bonchev–Trinajstić information content (AvgIpc) is 2.53. The largest absolute Gasteiger partial charge is 0.393 e. The minimum absolute atomic E-state index is 0.0395. The van der Waals surface area contributed by atoms with Crippen molar-refractivity contribution in [3.63, 3.8) is 0 Å². The molecule has 0 rings (SSSR count). The Bertz CT molecular complexity index is 421. The van der Waals surface area contributed by atoms with Gasteiger partial charge in [0.2, 0.25) is 0 Å². The van der Waals surface area contributed by atoms with E-state index in [1.165, 1.54) is 0 Å². The van der Waals surface area contributed by atoms with Gasteiger partial charge in [-0.15, -0.1) is 0 Å². The zero-order chi connectivity index (χ0) is 18.4. The van der Waals surface area contributed by atoms with Crippen molar-refractivity contribution in [2.75, 3.05) is 0 Å². The van der Waals surface area contributed by atoms with Crippen LogP contribution in [0.25, 0.3) is 0 Å². The van der Waals surface area contributed by atoms with Crippen LogP contribution in [0.3, 0.4) is 0 Å². The Morgan fingerprint density at radius 1 is 0.750 bits per heavy atom. The zero-order valence-corrected chi connectivity index (χ0v) is 14.7. The molecule has 0 fully saturated rings. The van der Waals surface area contributed by atoms with Gasteiger partial charge in [-0.2, -0.15) is 0 Å². The van der Waals surface area contributed by atoms with Crippen molar-refractivity contribution in [3.05, 3.63) is 0 Å². The number of carbonyl (C=O) groups is 4. The fourth-order valence-corrected chi connectivity index (χ4v) is 1.90. The molecular formula is C17H29NO6. The summed E-state index contributed by atoms with van der Waals surface area (Å²) in [6.45, 7) is 4.01. The third-order valence-electron chi connectivity index (χ3n) is 3.37. The molecule has 0 aromatic rings. The Labute approximate surface area is 143 Å². The summed E-state index contributed by atoms with van der Waals surface area (Å²) in [5.41, 5.74) is 5.58. The third-order valence-corrected chi connectivity index (χ3v) is 3.37. The predicted octanol–water partition coefficient (Wildman–Crippen LogP) is 2.39. The quantitative estimate of drug-likeness (QED) is 0.329. The van der Waals surface area contributed by atoms with Crippen LogP contribution in [-0.2, 0) is 28.7 Å². The maximum absolute atomic E-state index is 11.6. The smallest absolute Gasteiger partial charge is 0.330 e. The van der Waals surface area contributed by atoms with Gasteiger partial charge in [0.05, 0.1) is 0 Å². The molecule has 0 radical (unpaired) electrons. The number of ether oxygens (including phenoxy) is 2. The van der Waals surface area contributed by atoms with Crippen LogP contribution in [0.15, 0.2) is 0 Å². The second-order valence-electron chi connectivity index (χ2n) is 5.70. The van der Waals surface area contributed by atoms with E-state index in [2.05, 4.69) is 9.47 Å². The van der Waals surface area contributed by atoms with Crippen LogP contribution in [0.5, 0.6) is 0 Å². The minimum Gasteiger partial charge on any atom is -0.393 e. The molecule has 0 amide bonds. The van der Waals surface area contributed by atoms with E-state index >= 15 is 0 Å². The summed E-state index contributed by atoms with van der Waals surface area (Å²) >= 11 is 0. The Morgan fingerprint density at radius 2 is 1.21 bits per heavy atom. The van der Waals surface area contributed by atoms with Gasteiger partial charge in [-0.1, -0.05) is 39.5 Å². The predicted molar refractivity (Wildman–Crippen MR) is 87.7 cm³/mol.